The van der Waals surface area contributed by atoms with Crippen LogP contribution in [0.15, 0.2) is 72.2 Å². The molecule has 2 fully saturated rings. The topological polar surface area (TPSA) is 166 Å². The summed E-state index contributed by atoms with van der Waals surface area (Å²) in [6, 6.07) is 18.4. The second-order valence-corrected chi connectivity index (χ2v) is 21.8. The van der Waals surface area contributed by atoms with Crippen molar-refractivity contribution in [2.75, 3.05) is 49.4 Å². The fourth-order valence-electron chi connectivity index (χ4n) is 9.11. The molecule has 3 aromatic carbocycles. The second-order valence-electron chi connectivity index (χ2n) is 20.5. The van der Waals surface area contributed by atoms with E-state index in [4.69, 9.17) is 26.4 Å². The minimum absolute atomic E-state index is 0.0188. The number of thiocarbonyl (C=S) groups is 1. The number of anilines is 2. The zero-order valence-electron chi connectivity index (χ0n) is 43.9. The van der Waals surface area contributed by atoms with Crippen molar-refractivity contribution in [1.29, 1.82) is 5.26 Å². The Bertz CT molecular complexity index is 2630. The van der Waals surface area contributed by atoms with E-state index in [0.29, 0.717) is 76.8 Å². The molecule has 0 bridgehead atoms. The van der Waals surface area contributed by atoms with E-state index in [9.17, 15) is 37.6 Å². The largest absolute Gasteiger partial charge is 0.494 e. The lowest BCUT2D eigenvalue weighted by Crippen LogP contribution is -2.57. The molecule has 4 aromatic rings. The van der Waals surface area contributed by atoms with E-state index < -0.39 is 46.2 Å². The van der Waals surface area contributed by atoms with Crippen LogP contribution < -0.4 is 25.2 Å². The molecule has 2 aliphatic rings. The van der Waals surface area contributed by atoms with E-state index in [0.717, 1.165) is 90.1 Å². The van der Waals surface area contributed by atoms with Gasteiger partial charge in [-0.1, -0.05) is 57.9 Å². The van der Waals surface area contributed by atoms with Crippen LogP contribution in [0.3, 0.4) is 0 Å². The van der Waals surface area contributed by atoms with E-state index in [1.807, 2.05) is 57.5 Å². The Balaban J connectivity index is 0.777. The number of amides is 4. The number of alkyl halides is 3. The summed E-state index contributed by atoms with van der Waals surface area (Å²) in [6.07, 6.45) is 3.60. The van der Waals surface area contributed by atoms with Crippen LogP contribution in [0, 0.1) is 23.7 Å². The van der Waals surface area contributed by atoms with Crippen molar-refractivity contribution in [3.8, 4) is 22.3 Å². The number of rotatable bonds is 26. The number of likely N-dealkylation sites (tertiary alicyclic amines) is 1. The molecule has 0 radical (unpaired) electrons. The molecule has 19 heteroatoms. The maximum Gasteiger partial charge on any atom is 0.417 e. The summed E-state index contributed by atoms with van der Waals surface area (Å²) in [5.41, 5.74) is 1.95. The molecule has 6 rings (SSSR count). The van der Waals surface area contributed by atoms with Crippen LogP contribution in [0.2, 0.25) is 0 Å². The third-order valence-corrected chi connectivity index (χ3v) is 14.7. The van der Waals surface area contributed by atoms with Gasteiger partial charge >= 0.3 is 6.18 Å². The average Bonchev–Trinajstić information content (AvgIpc) is 4.09. The Morgan fingerprint density at radius 3 is 2.09 bits per heavy atom. The molecular formula is C56H70F3N7O7S2. The van der Waals surface area contributed by atoms with Crippen LogP contribution >= 0.6 is 23.6 Å². The number of carbonyl (C=O) groups is 4. The number of nitriles is 1. The van der Waals surface area contributed by atoms with Crippen molar-refractivity contribution in [3.63, 3.8) is 0 Å². The highest BCUT2D eigenvalue weighted by molar-refractivity contribution is 7.81. The van der Waals surface area contributed by atoms with Gasteiger partial charge in [0, 0.05) is 51.6 Å². The van der Waals surface area contributed by atoms with Crippen LogP contribution in [0.4, 0.5) is 24.5 Å². The predicted molar refractivity (Wildman–Crippen MR) is 288 cm³/mol. The molecule has 0 unspecified atom stereocenters. The van der Waals surface area contributed by atoms with Crippen LogP contribution in [0.1, 0.15) is 128 Å². The van der Waals surface area contributed by atoms with Gasteiger partial charge in [0.15, 0.2) is 5.11 Å². The van der Waals surface area contributed by atoms with Gasteiger partial charge in [-0.25, -0.2) is 4.98 Å². The van der Waals surface area contributed by atoms with Crippen molar-refractivity contribution in [3.05, 3.63) is 94.6 Å². The number of nitrogens with zero attached hydrogens (tertiary/aromatic N) is 5. The Hall–Kier alpha value is -5.94. The number of hydrogen-bond acceptors (Lipinski definition) is 11. The third-order valence-electron chi connectivity index (χ3n) is 13.4. The maximum absolute atomic E-state index is 13.9. The van der Waals surface area contributed by atoms with E-state index in [1.54, 1.807) is 65.3 Å². The van der Waals surface area contributed by atoms with E-state index in [2.05, 4.69) is 15.6 Å². The Morgan fingerprint density at radius 1 is 0.880 bits per heavy atom. The van der Waals surface area contributed by atoms with Gasteiger partial charge in [0.05, 0.1) is 45.6 Å². The summed E-state index contributed by atoms with van der Waals surface area (Å²) in [5.74, 6) is -0.458. The van der Waals surface area contributed by atoms with Gasteiger partial charge in [-0.15, -0.1) is 11.3 Å². The van der Waals surface area contributed by atoms with Crippen molar-refractivity contribution in [2.24, 2.45) is 5.41 Å². The number of ether oxygens (including phenoxy) is 3. The van der Waals surface area contributed by atoms with Gasteiger partial charge in [0.1, 0.15) is 23.4 Å². The predicted octanol–water partition coefficient (Wildman–Crippen LogP) is 10.7. The molecule has 2 saturated heterocycles. The Morgan fingerprint density at radius 2 is 1.49 bits per heavy atom. The number of aryl methyl sites for hydroxylation is 1. The highest BCUT2D eigenvalue weighted by atomic mass is 32.1. The molecule has 3 heterocycles. The number of aromatic nitrogens is 1. The number of hydrogen-bond donors (Lipinski definition) is 2. The van der Waals surface area contributed by atoms with Crippen molar-refractivity contribution >= 4 is 63.7 Å². The fraction of sp³-hybridized carbons (Fsp3) is 0.518. The molecule has 2 aliphatic heterocycles. The smallest absolute Gasteiger partial charge is 0.417 e. The van der Waals surface area contributed by atoms with Gasteiger partial charge in [-0.3, -0.25) is 24.1 Å². The molecule has 0 saturated carbocycles. The third kappa shape index (κ3) is 15.6. The zero-order valence-corrected chi connectivity index (χ0v) is 45.5. The number of carbonyl (C=O) groups excluding carboxylic acids is 4. The summed E-state index contributed by atoms with van der Waals surface area (Å²) in [5, 5.41) is 15.3. The average molecular weight is 1070 g/mol. The summed E-state index contributed by atoms with van der Waals surface area (Å²) in [6.45, 7) is 14.9. The van der Waals surface area contributed by atoms with Crippen LogP contribution in [0.5, 0.6) is 5.75 Å². The number of benzene rings is 3. The van der Waals surface area contributed by atoms with Gasteiger partial charge in [-0.2, -0.15) is 18.4 Å². The molecule has 404 valence electrons. The lowest BCUT2D eigenvalue weighted by atomic mass is 9.85. The highest BCUT2D eigenvalue weighted by Gasteiger charge is 2.51. The fourth-order valence-corrected chi connectivity index (χ4v) is 10.4. The first-order chi connectivity index (χ1) is 35.7. The van der Waals surface area contributed by atoms with Crippen molar-refractivity contribution in [1.82, 2.24) is 20.5 Å². The first kappa shape index (κ1) is 58.3. The maximum atomic E-state index is 13.9. The van der Waals surface area contributed by atoms with Gasteiger partial charge in [0.25, 0.3) is 5.91 Å². The molecule has 2 atom stereocenters. The summed E-state index contributed by atoms with van der Waals surface area (Å²) < 4.78 is 58.6. The van der Waals surface area contributed by atoms with E-state index in [-0.39, 0.29) is 28.5 Å². The first-order valence-corrected chi connectivity index (χ1v) is 27.1. The zero-order chi connectivity index (χ0) is 54.3. The second kappa shape index (κ2) is 26.7. The lowest BCUT2D eigenvalue weighted by Gasteiger charge is -2.35. The monoisotopic (exact) mass is 1070 g/mol. The van der Waals surface area contributed by atoms with Crippen LogP contribution in [-0.4, -0.2) is 95.8 Å². The molecule has 4 amide bonds. The van der Waals surface area contributed by atoms with E-state index in [1.165, 1.54) is 6.07 Å². The van der Waals surface area contributed by atoms with Gasteiger partial charge in [-0.05, 0) is 143 Å². The molecule has 0 spiro atoms. The molecular weight excluding hydrogens is 1000 g/mol. The van der Waals surface area contributed by atoms with Gasteiger partial charge in [0.2, 0.25) is 17.7 Å². The molecule has 0 aliphatic carbocycles. The molecule has 2 N–H and O–H groups in total. The summed E-state index contributed by atoms with van der Waals surface area (Å²) in [7, 11) is 0. The minimum Gasteiger partial charge on any atom is -0.494 e. The first-order valence-electron chi connectivity index (χ1n) is 25.8. The number of thiazole rings is 1. The normalized spacial score (nSPS) is 16.1. The summed E-state index contributed by atoms with van der Waals surface area (Å²) in [4.78, 5) is 63.7. The molecule has 75 heavy (non-hydrogen) atoms. The SMILES string of the molecule is Cc1ncsc1-c1ccc(CNC(=O)[C@@H]2CCCN2C(=O)[C@@H](NC(=O)CCCCCCOCCCCOCCCCOc2ccc(N3C(=S)N(c4ccc(C#N)c(C(F)(F)F)c4)C(=O)C3(C)C)cc2)C(C)(C)C)cc1. The lowest BCUT2D eigenvalue weighted by molar-refractivity contribution is -0.144. The minimum atomic E-state index is -4.79. The van der Waals surface area contributed by atoms with Crippen molar-refractivity contribution < 1.29 is 46.6 Å². The quantitative estimate of drug-likeness (QED) is 0.0454. The standard InChI is InChI=1S/C56H70F3N7O7S2/c1-38-48(75-37-62-38)40-20-18-39(19-21-40)36-61-50(68)46-16-15-28-64(46)51(69)49(54(2,3)4)63-47(67)17-9-7-8-10-29-71-30-11-12-31-72-32-13-14-33-73-44-26-24-42(25-27-44)66-53(74)65(52(70)55(66,5)6)43-23-22-41(35-60)45(34-43)56(57,58)59/h18-27,34,37,46,49H,7-17,28-33,36H2,1-6H3,(H,61,68)(H,63,67)/t46-,49+/m0/s1. The van der Waals surface area contributed by atoms with Gasteiger partial charge < -0.3 is 34.6 Å². The molecule has 14 nitrogen and oxygen atoms in total. The van der Waals surface area contributed by atoms with E-state index >= 15 is 0 Å². The highest BCUT2D eigenvalue weighted by Crippen LogP contribution is 2.40. The molecule has 1 aromatic heterocycles. The van der Waals surface area contributed by atoms with Crippen LogP contribution in [0.25, 0.3) is 10.4 Å². The number of nitrogens with one attached hydrogen (secondary N) is 2. The Kier molecular flexibility index (Phi) is 20.8. The Labute approximate surface area is 448 Å². The summed E-state index contributed by atoms with van der Waals surface area (Å²) >= 11 is 7.23. The van der Waals surface area contributed by atoms with Crippen molar-refractivity contribution in [2.45, 2.75) is 143 Å². The van der Waals surface area contributed by atoms with Crippen LogP contribution in [-0.2, 0) is 41.4 Å². The number of halogens is 3. The number of unbranched alkanes of at least 4 members (excludes halogenated alkanes) is 5.